The van der Waals surface area contributed by atoms with Gasteiger partial charge in [0.15, 0.2) is 0 Å². The van der Waals surface area contributed by atoms with Gasteiger partial charge in [-0.1, -0.05) is 44.2 Å². The third-order valence-corrected chi connectivity index (χ3v) is 5.16. The first-order valence-electron chi connectivity index (χ1n) is 8.68. The molecule has 1 fully saturated rings. The molecule has 1 aromatic carbocycles. The normalized spacial score (nSPS) is 24.3. The van der Waals surface area contributed by atoms with E-state index in [0.717, 1.165) is 37.2 Å². The Morgan fingerprint density at radius 2 is 1.70 bits per heavy atom. The van der Waals surface area contributed by atoms with Crippen molar-refractivity contribution in [3.05, 3.63) is 35.9 Å². The van der Waals surface area contributed by atoms with Gasteiger partial charge in [0.25, 0.3) is 0 Å². The van der Waals surface area contributed by atoms with Crippen molar-refractivity contribution in [3.8, 4) is 0 Å². The van der Waals surface area contributed by atoms with Crippen LogP contribution in [0.4, 0.5) is 0 Å². The van der Waals surface area contributed by atoms with Gasteiger partial charge in [-0.2, -0.15) is 0 Å². The third kappa shape index (κ3) is 5.33. The molecule has 2 rings (SSSR count). The molecule has 1 aromatic rings. The molecular weight excluding hydrogens is 290 g/mol. The molecule has 0 amide bonds. The number of hydrogen-bond acceptors (Lipinski definition) is 3. The van der Waals surface area contributed by atoms with Gasteiger partial charge in [-0.15, -0.1) is 0 Å². The summed E-state index contributed by atoms with van der Waals surface area (Å²) in [7, 11) is 0. The summed E-state index contributed by atoms with van der Waals surface area (Å²) < 4.78 is 0. The molecule has 0 bridgehead atoms. The molecule has 4 nitrogen and oxygen atoms in total. The summed E-state index contributed by atoms with van der Waals surface area (Å²) >= 11 is 0. The van der Waals surface area contributed by atoms with E-state index in [1.165, 1.54) is 0 Å². The largest absolute Gasteiger partial charge is 0.480 e. The van der Waals surface area contributed by atoms with Gasteiger partial charge in [0.1, 0.15) is 12.3 Å². The lowest BCUT2D eigenvalue weighted by Crippen LogP contribution is -2.48. The van der Waals surface area contributed by atoms with Gasteiger partial charge in [0.05, 0.1) is 0 Å². The third-order valence-electron chi connectivity index (χ3n) is 5.16. The van der Waals surface area contributed by atoms with Crippen molar-refractivity contribution in [2.75, 3.05) is 0 Å². The lowest BCUT2D eigenvalue weighted by Gasteiger charge is -2.34. The Balaban J connectivity index is 1.88. The molecule has 1 saturated carbocycles. The molecule has 2 atom stereocenters. The molecule has 1 unspecified atom stereocenters. The summed E-state index contributed by atoms with van der Waals surface area (Å²) in [5.74, 6) is 0.662. The van der Waals surface area contributed by atoms with E-state index in [0.29, 0.717) is 12.3 Å². The molecular formula is C19H29NO3. The maximum Gasteiger partial charge on any atom is 0.321 e. The van der Waals surface area contributed by atoms with Crippen molar-refractivity contribution in [1.82, 2.24) is 5.32 Å². The van der Waals surface area contributed by atoms with E-state index in [4.69, 9.17) is 0 Å². The maximum atomic E-state index is 11.5. The zero-order valence-electron chi connectivity index (χ0n) is 14.1. The topological polar surface area (TPSA) is 69.6 Å². The first-order chi connectivity index (χ1) is 11.0. The number of carbonyl (C=O) groups is 1. The highest BCUT2D eigenvalue weighted by Gasteiger charge is 2.30. The maximum absolute atomic E-state index is 11.5. The van der Waals surface area contributed by atoms with Crippen LogP contribution in [0.25, 0.3) is 0 Å². The summed E-state index contributed by atoms with van der Waals surface area (Å²) in [6.45, 7) is 4.50. The molecule has 3 N–H and O–H groups in total. The van der Waals surface area contributed by atoms with Crippen LogP contribution in [-0.4, -0.2) is 28.5 Å². The standard InChI is InChI=1S/C19H29NO3/c1-13(2)15-8-10-16(11-9-15)18(21)20-17(19(22)23)12-14-6-4-3-5-7-14/h3-7,13,15-18,20-21H,8-12H2,1-2H3,(H,22,23)/t15?,16?,17-,18?/m1/s1. The van der Waals surface area contributed by atoms with Crippen LogP contribution >= 0.6 is 0 Å². The number of aliphatic hydroxyl groups is 1. The Bertz CT molecular complexity index is 481. The summed E-state index contributed by atoms with van der Waals surface area (Å²) in [5.41, 5.74) is 0.961. The number of carboxylic acid groups (broad SMARTS) is 1. The highest BCUT2D eigenvalue weighted by Crippen LogP contribution is 2.34. The minimum absolute atomic E-state index is 0.155. The zero-order valence-corrected chi connectivity index (χ0v) is 14.1. The Morgan fingerprint density at radius 3 is 2.22 bits per heavy atom. The van der Waals surface area contributed by atoms with E-state index >= 15 is 0 Å². The quantitative estimate of drug-likeness (QED) is 0.676. The molecule has 128 valence electrons. The van der Waals surface area contributed by atoms with Gasteiger partial charge >= 0.3 is 5.97 Å². The fourth-order valence-electron chi connectivity index (χ4n) is 3.54. The van der Waals surface area contributed by atoms with E-state index in [9.17, 15) is 15.0 Å². The number of aliphatic carboxylic acids is 1. The fourth-order valence-corrected chi connectivity index (χ4v) is 3.54. The van der Waals surface area contributed by atoms with Crippen molar-refractivity contribution in [2.24, 2.45) is 17.8 Å². The Hall–Kier alpha value is -1.39. The van der Waals surface area contributed by atoms with Gasteiger partial charge in [-0.25, -0.2) is 0 Å². The molecule has 0 heterocycles. The summed E-state index contributed by atoms with van der Waals surface area (Å²) in [4.78, 5) is 11.5. The van der Waals surface area contributed by atoms with Crippen molar-refractivity contribution in [3.63, 3.8) is 0 Å². The second-order valence-corrected chi connectivity index (χ2v) is 7.11. The Morgan fingerprint density at radius 1 is 1.13 bits per heavy atom. The zero-order chi connectivity index (χ0) is 16.8. The number of hydrogen-bond donors (Lipinski definition) is 3. The number of aliphatic hydroxyl groups excluding tert-OH is 1. The summed E-state index contributed by atoms with van der Waals surface area (Å²) in [5, 5.41) is 22.8. The minimum Gasteiger partial charge on any atom is -0.480 e. The van der Waals surface area contributed by atoms with Crippen LogP contribution in [0, 0.1) is 17.8 Å². The van der Waals surface area contributed by atoms with E-state index in [1.54, 1.807) is 0 Å². The minimum atomic E-state index is -0.913. The van der Waals surface area contributed by atoms with Crippen LogP contribution in [0.3, 0.4) is 0 Å². The second-order valence-electron chi connectivity index (χ2n) is 7.11. The predicted molar refractivity (Wildman–Crippen MR) is 91.0 cm³/mol. The average molecular weight is 319 g/mol. The number of carboxylic acids is 1. The Labute approximate surface area is 138 Å². The van der Waals surface area contributed by atoms with Crippen molar-refractivity contribution in [1.29, 1.82) is 0 Å². The van der Waals surface area contributed by atoms with Crippen LogP contribution in [-0.2, 0) is 11.2 Å². The number of benzene rings is 1. The number of nitrogens with one attached hydrogen (secondary N) is 1. The van der Waals surface area contributed by atoms with Gasteiger partial charge in [0.2, 0.25) is 0 Å². The van der Waals surface area contributed by atoms with Crippen LogP contribution in [0.1, 0.15) is 45.1 Å². The highest BCUT2D eigenvalue weighted by atomic mass is 16.4. The smallest absolute Gasteiger partial charge is 0.321 e. The molecule has 1 aliphatic rings. The van der Waals surface area contributed by atoms with Gasteiger partial charge in [-0.05, 0) is 55.4 Å². The van der Waals surface area contributed by atoms with Gasteiger partial charge in [-0.3, -0.25) is 10.1 Å². The Kier molecular flexibility index (Phi) is 6.60. The van der Waals surface area contributed by atoms with E-state index in [-0.39, 0.29) is 5.92 Å². The summed E-state index contributed by atoms with van der Waals surface area (Å²) in [6, 6.07) is 8.79. The SMILES string of the molecule is CC(C)C1CCC(C(O)N[C@H](Cc2ccccc2)C(=O)O)CC1. The molecule has 1 aliphatic carbocycles. The lowest BCUT2D eigenvalue weighted by atomic mass is 9.76. The van der Waals surface area contributed by atoms with Gasteiger partial charge in [0, 0.05) is 0 Å². The van der Waals surface area contributed by atoms with E-state index < -0.39 is 18.2 Å². The number of rotatable bonds is 7. The predicted octanol–water partition coefficient (Wildman–Crippen LogP) is 3.05. The first kappa shape index (κ1) is 18.0. The van der Waals surface area contributed by atoms with Crippen LogP contribution in [0.5, 0.6) is 0 Å². The van der Waals surface area contributed by atoms with Crippen LogP contribution in [0.15, 0.2) is 30.3 Å². The molecule has 0 aliphatic heterocycles. The van der Waals surface area contributed by atoms with Crippen molar-refractivity contribution < 1.29 is 15.0 Å². The van der Waals surface area contributed by atoms with E-state index in [2.05, 4.69) is 19.2 Å². The molecule has 0 saturated heterocycles. The van der Waals surface area contributed by atoms with Crippen LogP contribution in [0.2, 0.25) is 0 Å². The second kappa shape index (κ2) is 8.46. The molecule has 0 aromatic heterocycles. The van der Waals surface area contributed by atoms with Crippen LogP contribution < -0.4 is 5.32 Å². The molecule has 4 heteroatoms. The van der Waals surface area contributed by atoms with E-state index in [1.807, 2.05) is 30.3 Å². The summed E-state index contributed by atoms with van der Waals surface area (Å²) in [6.07, 6.45) is 3.82. The monoisotopic (exact) mass is 319 g/mol. The van der Waals surface area contributed by atoms with Crippen molar-refractivity contribution in [2.45, 2.75) is 58.2 Å². The fraction of sp³-hybridized carbons (Fsp3) is 0.632. The van der Waals surface area contributed by atoms with Gasteiger partial charge < -0.3 is 10.2 Å². The first-order valence-corrected chi connectivity index (χ1v) is 8.68. The molecule has 0 radical (unpaired) electrons. The molecule has 0 spiro atoms. The lowest BCUT2D eigenvalue weighted by molar-refractivity contribution is -0.141. The average Bonchev–Trinajstić information content (AvgIpc) is 2.55. The molecule has 23 heavy (non-hydrogen) atoms. The highest BCUT2D eigenvalue weighted by molar-refractivity contribution is 5.73. The van der Waals surface area contributed by atoms with Crippen molar-refractivity contribution >= 4 is 5.97 Å².